The van der Waals surface area contributed by atoms with Gasteiger partial charge in [0.05, 0.1) is 101 Å². The van der Waals surface area contributed by atoms with Gasteiger partial charge in [0, 0.05) is 33.5 Å². The molecule has 0 radical (unpaired) electrons. The smallest absolute Gasteiger partial charge is 0.343 e. The topological polar surface area (TPSA) is 236 Å². The number of ether oxygens (including phenoxy) is 8. The molecule has 0 bridgehead atoms. The fourth-order valence-electron chi connectivity index (χ4n) is 7.51. The van der Waals surface area contributed by atoms with E-state index in [0.717, 1.165) is 16.5 Å². The van der Waals surface area contributed by atoms with Crippen LogP contribution in [0, 0.1) is 0 Å². The van der Waals surface area contributed by atoms with E-state index < -0.39 is 23.1 Å². The van der Waals surface area contributed by atoms with E-state index in [2.05, 4.69) is 20.6 Å². The van der Waals surface area contributed by atoms with Gasteiger partial charge in [-0.3, -0.25) is 9.59 Å². The lowest BCUT2D eigenvalue weighted by molar-refractivity contribution is -0.172. The number of hydrazone groups is 1. The van der Waals surface area contributed by atoms with Crippen LogP contribution >= 0.6 is 0 Å². The molecule has 348 valence electrons. The van der Waals surface area contributed by atoms with Gasteiger partial charge in [0.25, 0.3) is 11.5 Å². The number of benzene rings is 2. The van der Waals surface area contributed by atoms with E-state index in [1.807, 2.05) is 43.3 Å². The molecule has 2 N–H and O–H groups in total. The van der Waals surface area contributed by atoms with Crippen molar-refractivity contribution in [3.05, 3.63) is 97.1 Å². The Bertz CT molecular complexity index is 2470. The molecule has 0 aliphatic carbocycles. The molecule has 1 amide bonds. The van der Waals surface area contributed by atoms with Gasteiger partial charge in [-0.2, -0.15) is 5.10 Å². The summed E-state index contributed by atoms with van der Waals surface area (Å²) < 4.78 is 46.5. The van der Waals surface area contributed by atoms with Crippen molar-refractivity contribution in [3.8, 4) is 22.9 Å². The Morgan fingerprint density at radius 1 is 0.923 bits per heavy atom. The molecule has 65 heavy (non-hydrogen) atoms. The molecule has 0 spiro atoms. The highest BCUT2D eigenvalue weighted by Crippen LogP contribution is 2.41. The van der Waals surface area contributed by atoms with Gasteiger partial charge >= 0.3 is 5.97 Å². The molecule has 0 saturated heterocycles. The van der Waals surface area contributed by atoms with E-state index in [9.17, 15) is 19.5 Å². The van der Waals surface area contributed by atoms with Gasteiger partial charge in [-0.05, 0) is 81.1 Å². The van der Waals surface area contributed by atoms with Gasteiger partial charge in [-0.25, -0.2) is 15.2 Å². The molecule has 4 heterocycles. The minimum absolute atomic E-state index is 0.0578. The number of aryl methyl sites for hydroxylation is 1. The van der Waals surface area contributed by atoms with Crippen molar-refractivity contribution >= 4 is 28.5 Å². The molecule has 4 aromatic rings. The fourth-order valence-corrected chi connectivity index (χ4v) is 7.51. The van der Waals surface area contributed by atoms with Crippen LogP contribution in [-0.4, -0.2) is 117 Å². The number of para-hydroxylation sites is 1. The summed E-state index contributed by atoms with van der Waals surface area (Å²) in [5, 5.41) is 19.8. The highest BCUT2D eigenvalue weighted by atomic mass is 16.6. The quantitative estimate of drug-likeness (QED) is 0.0140. The van der Waals surface area contributed by atoms with E-state index in [1.165, 1.54) is 0 Å². The summed E-state index contributed by atoms with van der Waals surface area (Å²) >= 11 is 0. The highest BCUT2D eigenvalue weighted by molar-refractivity contribution is 6.02. The predicted octanol–water partition coefficient (Wildman–Crippen LogP) is 5.11. The number of amides is 1. The Morgan fingerprint density at radius 2 is 1.57 bits per heavy atom. The maximum atomic E-state index is 13.7. The largest absolute Gasteiger partial charge is 0.490 e. The molecule has 2 aromatic heterocycles. The van der Waals surface area contributed by atoms with Crippen LogP contribution in [0.1, 0.15) is 68.9 Å². The summed E-state index contributed by atoms with van der Waals surface area (Å²) in [6, 6.07) is 14.5. The molecular formula is C46H57N7O12. The first-order chi connectivity index (χ1) is 31.4. The second-order valence-corrected chi connectivity index (χ2v) is 15.7. The molecule has 0 unspecified atom stereocenters. The van der Waals surface area contributed by atoms with Gasteiger partial charge in [-0.1, -0.05) is 31.1 Å². The third-order valence-corrected chi connectivity index (χ3v) is 11.0. The number of azide groups is 1. The van der Waals surface area contributed by atoms with Crippen LogP contribution in [0.25, 0.3) is 32.7 Å². The molecule has 19 nitrogen and oxygen atoms in total. The number of esters is 1. The van der Waals surface area contributed by atoms with Gasteiger partial charge in [0.2, 0.25) is 0 Å². The summed E-state index contributed by atoms with van der Waals surface area (Å²) in [4.78, 5) is 47.5. The number of carbonyl (C=O) groups is 2. The number of nitrogens with zero attached hydrogens (tertiary/aromatic N) is 6. The number of carbonyl (C=O) groups excluding carboxylic acids is 2. The van der Waals surface area contributed by atoms with Crippen LogP contribution in [-0.2, 0) is 63.2 Å². The molecule has 2 aliphatic rings. The van der Waals surface area contributed by atoms with Crippen molar-refractivity contribution in [1.29, 1.82) is 0 Å². The van der Waals surface area contributed by atoms with Crippen LogP contribution in [0.3, 0.4) is 0 Å². The number of hydrogen-bond acceptors (Lipinski definition) is 15. The molecule has 19 heteroatoms. The minimum atomic E-state index is -1.91. The zero-order chi connectivity index (χ0) is 46.4. The van der Waals surface area contributed by atoms with Crippen LogP contribution < -0.4 is 20.5 Å². The lowest BCUT2D eigenvalue weighted by atomic mass is 9.86. The fraction of sp³-hybridized carbons (Fsp3) is 0.500. The zero-order valence-corrected chi connectivity index (χ0v) is 37.6. The molecule has 6 rings (SSSR count). The highest BCUT2D eigenvalue weighted by Gasteiger charge is 2.45. The molecule has 1 atom stereocenters. The van der Waals surface area contributed by atoms with Gasteiger partial charge in [-0.15, -0.1) is 0 Å². The second kappa shape index (κ2) is 22.8. The Morgan fingerprint density at radius 3 is 2.22 bits per heavy atom. The number of aromatic nitrogens is 2. The third kappa shape index (κ3) is 11.7. The lowest BCUT2D eigenvalue weighted by Gasteiger charge is -2.31. The average molecular weight is 900 g/mol. The lowest BCUT2D eigenvalue weighted by Crippen LogP contribution is -2.45. The first kappa shape index (κ1) is 48.5. The van der Waals surface area contributed by atoms with Crippen LogP contribution in [0.2, 0.25) is 0 Å². The standard InChI is InChI=1S/C46H57N7O12/c1-6-32-34-26-31(12-13-38(34)49-41-35(32)28-53-39(41)27-37-36(42(53)54)29-64-44(56)46(37,57)7-2)65-45(4,5)43(55)51-50-30(3)33-10-8-9-11-40(33)63-25-24-62-23-22-61-21-20-60-19-18-59-17-16-58-15-14-48-52-47/h8-13,26-27,57H,6-7,14-25,28-29H2,1-5H3,(H,51,55)/b50-30-/t46-/m0/s1. The maximum Gasteiger partial charge on any atom is 0.343 e. The number of rotatable bonds is 26. The molecule has 2 aromatic carbocycles. The van der Waals surface area contributed by atoms with Crippen LogP contribution in [0.15, 0.2) is 63.5 Å². The second-order valence-electron chi connectivity index (χ2n) is 15.7. The van der Waals surface area contributed by atoms with E-state index in [4.69, 9.17) is 48.4 Å². The summed E-state index contributed by atoms with van der Waals surface area (Å²) in [5.41, 5.74) is 12.7. The van der Waals surface area contributed by atoms with Crippen molar-refractivity contribution in [1.82, 2.24) is 15.0 Å². The number of cyclic esters (lactones) is 1. The Labute approximate surface area is 376 Å². The van der Waals surface area contributed by atoms with Crippen LogP contribution in [0.4, 0.5) is 0 Å². The van der Waals surface area contributed by atoms with E-state index in [1.54, 1.807) is 44.4 Å². The van der Waals surface area contributed by atoms with Crippen molar-refractivity contribution in [2.75, 3.05) is 79.2 Å². The number of hydrogen-bond donors (Lipinski definition) is 2. The number of pyridine rings is 2. The Balaban J connectivity index is 0.966. The molecular weight excluding hydrogens is 843 g/mol. The van der Waals surface area contributed by atoms with Gasteiger partial charge < -0.3 is 47.6 Å². The number of aliphatic hydroxyl groups is 1. The number of fused-ring (bicyclic) bond motifs is 5. The summed E-state index contributed by atoms with van der Waals surface area (Å²) in [6.07, 6.45) is 0.680. The van der Waals surface area contributed by atoms with Crippen molar-refractivity contribution in [2.24, 2.45) is 10.2 Å². The molecule has 0 fully saturated rings. The Kier molecular flexibility index (Phi) is 17.0. The van der Waals surface area contributed by atoms with Gasteiger partial charge in [0.1, 0.15) is 24.7 Å². The zero-order valence-electron chi connectivity index (χ0n) is 37.6. The third-order valence-electron chi connectivity index (χ3n) is 11.0. The van der Waals surface area contributed by atoms with Gasteiger partial charge in [0.15, 0.2) is 11.2 Å². The van der Waals surface area contributed by atoms with E-state index in [0.29, 0.717) is 119 Å². The van der Waals surface area contributed by atoms with Crippen LogP contribution in [0.5, 0.6) is 11.5 Å². The van der Waals surface area contributed by atoms with Crippen molar-refractivity contribution in [2.45, 2.75) is 71.8 Å². The van der Waals surface area contributed by atoms with Crippen molar-refractivity contribution < 1.29 is 52.6 Å². The number of nitrogens with one attached hydrogen (secondary N) is 1. The van der Waals surface area contributed by atoms with E-state index in [-0.39, 0.29) is 42.9 Å². The normalized spacial score (nSPS) is 15.5. The monoisotopic (exact) mass is 899 g/mol. The van der Waals surface area contributed by atoms with E-state index >= 15 is 0 Å². The maximum absolute atomic E-state index is 13.7. The summed E-state index contributed by atoms with van der Waals surface area (Å²) in [6.45, 7) is 13.5. The SMILES string of the molecule is CCc1c2c(nc3ccc(OC(C)(C)C(=O)N/N=C(/C)c4ccccc4OCCOCCOCCOCCOCCOCCN=[N+]=[N-])cc13)-c1cc3c(c(=O)n1C2)COC(=O)[C@]3(O)CC. The molecule has 0 saturated carbocycles. The first-order valence-corrected chi connectivity index (χ1v) is 21.7. The minimum Gasteiger partial charge on any atom is -0.490 e. The molecule has 2 aliphatic heterocycles. The summed E-state index contributed by atoms with van der Waals surface area (Å²) in [7, 11) is 0. The first-order valence-electron chi connectivity index (χ1n) is 21.7. The van der Waals surface area contributed by atoms with Crippen molar-refractivity contribution in [3.63, 3.8) is 0 Å². The Hall–Kier alpha value is -5.92. The summed E-state index contributed by atoms with van der Waals surface area (Å²) in [5.74, 6) is -0.212. The average Bonchev–Trinajstić information content (AvgIpc) is 3.67. The predicted molar refractivity (Wildman–Crippen MR) is 239 cm³/mol.